The van der Waals surface area contributed by atoms with E-state index in [0.717, 1.165) is 46.9 Å². The second-order valence-electron chi connectivity index (χ2n) is 5.44. The van der Waals surface area contributed by atoms with E-state index in [1.54, 1.807) is 17.7 Å². The maximum atomic E-state index is 4.61. The van der Waals surface area contributed by atoms with Crippen LogP contribution in [0.2, 0.25) is 0 Å². The molecule has 0 spiro atoms. The van der Waals surface area contributed by atoms with Gasteiger partial charge in [0, 0.05) is 13.1 Å². The number of thiophene rings is 1. The van der Waals surface area contributed by atoms with Crippen molar-refractivity contribution in [1.82, 2.24) is 19.5 Å². The molecular formula is C17H17N5S. The normalized spacial score (nSPS) is 11.3. The van der Waals surface area contributed by atoms with Gasteiger partial charge < -0.3 is 9.88 Å². The summed E-state index contributed by atoms with van der Waals surface area (Å²) < 4.78 is 2.27. The number of anilines is 1. The molecule has 23 heavy (non-hydrogen) atoms. The molecule has 0 aliphatic heterocycles. The molecule has 1 aromatic carbocycles. The fourth-order valence-electron chi connectivity index (χ4n) is 2.85. The fourth-order valence-corrected chi connectivity index (χ4v) is 3.59. The van der Waals surface area contributed by atoms with Crippen LogP contribution in [0.25, 0.3) is 21.3 Å². The lowest BCUT2D eigenvalue weighted by molar-refractivity contribution is 0.658. The van der Waals surface area contributed by atoms with Crippen LogP contribution in [0.1, 0.15) is 12.2 Å². The lowest BCUT2D eigenvalue weighted by Gasteiger charge is -2.09. The third-order valence-corrected chi connectivity index (χ3v) is 4.78. The third-order valence-electron chi connectivity index (χ3n) is 3.96. The Hall–Kier alpha value is -2.47. The van der Waals surface area contributed by atoms with Crippen LogP contribution in [0, 0.1) is 6.92 Å². The number of benzene rings is 1. The van der Waals surface area contributed by atoms with Crippen molar-refractivity contribution < 1.29 is 0 Å². The van der Waals surface area contributed by atoms with Crippen LogP contribution >= 0.6 is 11.3 Å². The molecule has 4 aromatic rings. The highest BCUT2D eigenvalue weighted by molar-refractivity contribution is 7.16. The molecule has 0 radical (unpaired) electrons. The molecule has 0 bridgehead atoms. The average Bonchev–Trinajstić information content (AvgIpc) is 3.16. The van der Waals surface area contributed by atoms with Gasteiger partial charge in [0.05, 0.1) is 16.4 Å². The second-order valence-corrected chi connectivity index (χ2v) is 6.34. The Bertz CT molecular complexity index is 956. The largest absolute Gasteiger partial charge is 0.369 e. The molecule has 0 fully saturated rings. The van der Waals surface area contributed by atoms with Gasteiger partial charge in [-0.05, 0) is 36.9 Å². The molecule has 0 amide bonds. The summed E-state index contributed by atoms with van der Waals surface area (Å²) in [5.74, 6) is 1.98. The Balaban J connectivity index is 1.44. The number of hydrogen-bond donors (Lipinski definition) is 1. The topological polar surface area (TPSA) is 55.6 Å². The SMILES string of the molecule is Cc1nc2ccccc2n1CCCNc1ncnc2sccc12. The second kappa shape index (κ2) is 5.96. The van der Waals surface area contributed by atoms with Gasteiger partial charge in [-0.3, -0.25) is 0 Å². The van der Waals surface area contributed by atoms with Crippen molar-refractivity contribution in [2.75, 3.05) is 11.9 Å². The zero-order valence-corrected chi connectivity index (χ0v) is 13.7. The summed E-state index contributed by atoms with van der Waals surface area (Å²) in [7, 11) is 0. The Labute approximate surface area is 138 Å². The van der Waals surface area contributed by atoms with E-state index in [-0.39, 0.29) is 0 Å². The summed E-state index contributed by atoms with van der Waals surface area (Å²) in [5, 5.41) is 6.57. The van der Waals surface area contributed by atoms with Crippen molar-refractivity contribution in [2.24, 2.45) is 0 Å². The molecule has 0 aliphatic carbocycles. The van der Waals surface area contributed by atoms with Crippen LogP contribution < -0.4 is 5.32 Å². The summed E-state index contributed by atoms with van der Waals surface area (Å²) in [4.78, 5) is 14.3. The predicted molar refractivity (Wildman–Crippen MR) is 95.0 cm³/mol. The quantitative estimate of drug-likeness (QED) is 0.567. The van der Waals surface area contributed by atoms with Gasteiger partial charge in [-0.1, -0.05) is 12.1 Å². The van der Waals surface area contributed by atoms with Gasteiger partial charge in [-0.15, -0.1) is 11.3 Å². The van der Waals surface area contributed by atoms with Crippen molar-refractivity contribution in [1.29, 1.82) is 0 Å². The molecule has 0 saturated carbocycles. The minimum Gasteiger partial charge on any atom is -0.369 e. The monoisotopic (exact) mass is 323 g/mol. The Morgan fingerprint density at radius 1 is 1.17 bits per heavy atom. The first-order valence-corrected chi connectivity index (χ1v) is 8.55. The maximum Gasteiger partial charge on any atom is 0.138 e. The van der Waals surface area contributed by atoms with E-state index < -0.39 is 0 Å². The van der Waals surface area contributed by atoms with Gasteiger partial charge in [0.15, 0.2) is 0 Å². The molecule has 116 valence electrons. The first-order chi connectivity index (χ1) is 11.3. The number of imidazole rings is 1. The number of rotatable bonds is 5. The van der Waals surface area contributed by atoms with Gasteiger partial charge in [0.25, 0.3) is 0 Å². The van der Waals surface area contributed by atoms with Crippen molar-refractivity contribution in [3.63, 3.8) is 0 Å². The van der Waals surface area contributed by atoms with Gasteiger partial charge in [-0.2, -0.15) is 0 Å². The molecule has 0 aliphatic rings. The van der Waals surface area contributed by atoms with Gasteiger partial charge in [0.1, 0.15) is 22.8 Å². The molecule has 5 nitrogen and oxygen atoms in total. The maximum absolute atomic E-state index is 4.61. The summed E-state index contributed by atoms with van der Waals surface area (Å²) in [6.07, 6.45) is 2.63. The summed E-state index contributed by atoms with van der Waals surface area (Å²) in [6, 6.07) is 10.3. The van der Waals surface area contributed by atoms with Crippen LogP contribution in [-0.4, -0.2) is 26.1 Å². The van der Waals surface area contributed by atoms with Gasteiger partial charge in [0.2, 0.25) is 0 Å². The van der Waals surface area contributed by atoms with E-state index in [4.69, 9.17) is 0 Å². The van der Waals surface area contributed by atoms with E-state index in [0.29, 0.717) is 0 Å². The number of nitrogens with one attached hydrogen (secondary N) is 1. The van der Waals surface area contributed by atoms with E-state index in [1.165, 1.54) is 5.52 Å². The van der Waals surface area contributed by atoms with Crippen molar-refractivity contribution in [2.45, 2.75) is 19.9 Å². The molecule has 3 aromatic heterocycles. The van der Waals surface area contributed by atoms with Crippen LogP contribution in [-0.2, 0) is 6.54 Å². The van der Waals surface area contributed by atoms with Crippen molar-refractivity contribution in [3.05, 3.63) is 47.9 Å². The molecule has 0 atom stereocenters. The molecule has 3 heterocycles. The zero-order chi connectivity index (χ0) is 15.6. The number of fused-ring (bicyclic) bond motifs is 2. The number of nitrogens with zero attached hydrogens (tertiary/aromatic N) is 4. The molecule has 1 N–H and O–H groups in total. The Morgan fingerprint density at radius 2 is 2.09 bits per heavy atom. The summed E-state index contributed by atoms with van der Waals surface area (Å²) in [5.41, 5.74) is 2.26. The molecule has 0 unspecified atom stereocenters. The standard InChI is InChI=1S/C17H17N5S/c1-12-21-14-5-2-3-6-15(14)22(12)9-4-8-18-16-13-7-10-23-17(13)20-11-19-16/h2-3,5-7,10-11H,4,8-9H2,1H3,(H,18,19,20). The highest BCUT2D eigenvalue weighted by atomic mass is 32.1. The van der Waals surface area contributed by atoms with E-state index in [9.17, 15) is 0 Å². The first kappa shape index (κ1) is 14.1. The van der Waals surface area contributed by atoms with Crippen LogP contribution in [0.15, 0.2) is 42.0 Å². The average molecular weight is 323 g/mol. The van der Waals surface area contributed by atoms with Crippen LogP contribution in [0.5, 0.6) is 0 Å². The van der Waals surface area contributed by atoms with Crippen LogP contribution in [0.3, 0.4) is 0 Å². The molecular weight excluding hydrogens is 306 g/mol. The zero-order valence-electron chi connectivity index (χ0n) is 12.9. The lowest BCUT2D eigenvalue weighted by atomic mass is 10.3. The minimum absolute atomic E-state index is 0.869. The fraction of sp³-hybridized carbons (Fsp3) is 0.235. The number of hydrogen-bond acceptors (Lipinski definition) is 5. The van der Waals surface area contributed by atoms with E-state index in [2.05, 4.69) is 56.0 Å². The molecule has 0 saturated heterocycles. The van der Waals surface area contributed by atoms with E-state index in [1.807, 2.05) is 11.4 Å². The Kier molecular flexibility index (Phi) is 3.67. The highest BCUT2D eigenvalue weighted by Crippen LogP contribution is 2.23. The number of aryl methyl sites for hydroxylation is 2. The highest BCUT2D eigenvalue weighted by Gasteiger charge is 2.07. The summed E-state index contributed by atoms with van der Waals surface area (Å²) >= 11 is 1.64. The Morgan fingerprint density at radius 3 is 3.04 bits per heavy atom. The predicted octanol–water partition coefficient (Wildman–Crippen LogP) is 3.85. The van der Waals surface area contributed by atoms with Gasteiger partial charge in [-0.25, -0.2) is 15.0 Å². The minimum atomic E-state index is 0.869. The van der Waals surface area contributed by atoms with Crippen molar-refractivity contribution >= 4 is 38.4 Å². The number of aromatic nitrogens is 4. The number of para-hydroxylation sites is 2. The van der Waals surface area contributed by atoms with E-state index >= 15 is 0 Å². The smallest absolute Gasteiger partial charge is 0.138 e. The third kappa shape index (κ3) is 2.66. The lowest BCUT2D eigenvalue weighted by Crippen LogP contribution is -2.09. The first-order valence-electron chi connectivity index (χ1n) is 7.67. The van der Waals surface area contributed by atoms with Crippen molar-refractivity contribution in [3.8, 4) is 0 Å². The summed E-state index contributed by atoms with van der Waals surface area (Å²) in [6.45, 7) is 3.87. The molecule has 4 rings (SSSR count). The van der Waals surface area contributed by atoms with Crippen LogP contribution in [0.4, 0.5) is 5.82 Å². The van der Waals surface area contributed by atoms with Gasteiger partial charge >= 0.3 is 0 Å². The molecule has 6 heteroatoms.